The Morgan fingerprint density at radius 2 is 2.11 bits per heavy atom. The molecule has 1 N–H and O–H groups in total. The fourth-order valence-corrected chi connectivity index (χ4v) is 2.42. The van der Waals surface area contributed by atoms with Crippen molar-refractivity contribution in [3.05, 3.63) is 72.8 Å². The first-order valence-electron chi connectivity index (χ1n) is 8.42. The molecule has 0 atom stereocenters. The Kier molecular flexibility index (Phi) is 6.19. The number of rotatable bonds is 8. The fraction of sp³-hybridized carbons (Fsp3) is 0.150. The van der Waals surface area contributed by atoms with E-state index in [1.165, 1.54) is 12.4 Å². The van der Waals surface area contributed by atoms with Crippen LogP contribution in [-0.4, -0.2) is 34.4 Å². The predicted octanol–water partition coefficient (Wildman–Crippen LogP) is 3.02. The number of ether oxygens (including phenoxy) is 2. The second-order valence-corrected chi connectivity index (χ2v) is 5.60. The smallest absolute Gasteiger partial charge is 0.248 e. The van der Waals surface area contributed by atoms with Crippen molar-refractivity contribution in [3.63, 3.8) is 0 Å². The van der Waals surface area contributed by atoms with Crippen LogP contribution in [0.5, 0.6) is 11.5 Å². The highest BCUT2D eigenvalue weighted by Crippen LogP contribution is 2.20. The Morgan fingerprint density at radius 3 is 2.93 bits per heavy atom. The van der Waals surface area contributed by atoms with E-state index in [0.717, 1.165) is 5.56 Å². The maximum Gasteiger partial charge on any atom is 0.248 e. The molecule has 0 radical (unpaired) electrons. The molecule has 0 fully saturated rings. The Hall–Kier alpha value is -3.61. The van der Waals surface area contributed by atoms with E-state index in [-0.39, 0.29) is 5.91 Å². The van der Waals surface area contributed by atoms with Crippen LogP contribution in [0, 0.1) is 0 Å². The molecular formula is C20H20N4O3. The normalized spacial score (nSPS) is 10.7. The molecule has 3 rings (SSSR count). The highest BCUT2D eigenvalue weighted by Gasteiger charge is 2.02. The van der Waals surface area contributed by atoms with Crippen LogP contribution in [0.1, 0.15) is 5.56 Å². The van der Waals surface area contributed by atoms with Crippen molar-refractivity contribution in [1.82, 2.24) is 14.8 Å². The van der Waals surface area contributed by atoms with Gasteiger partial charge in [0.2, 0.25) is 5.91 Å². The van der Waals surface area contributed by atoms with Crippen molar-refractivity contribution in [2.45, 2.75) is 6.54 Å². The Morgan fingerprint density at radius 1 is 1.22 bits per heavy atom. The summed E-state index contributed by atoms with van der Waals surface area (Å²) in [4.78, 5) is 16.0. The van der Waals surface area contributed by atoms with Gasteiger partial charge in [-0.1, -0.05) is 24.3 Å². The number of nitrogens with one attached hydrogen (secondary N) is 1. The first-order valence-corrected chi connectivity index (χ1v) is 8.42. The van der Waals surface area contributed by atoms with Crippen molar-refractivity contribution < 1.29 is 14.3 Å². The number of hydrogen-bond donors (Lipinski definition) is 1. The number of hydrogen-bond acceptors (Lipinski definition) is 5. The largest absolute Gasteiger partial charge is 0.496 e. The van der Waals surface area contributed by atoms with Gasteiger partial charge in [-0.15, -0.1) is 0 Å². The van der Waals surface area contributed by atoms with E-state index in [1.54, 1.807) is 36.3 Å². The molecule has 0 aliphatic rings. The number of methoxy groups -OCH3 is 1. The lowest BCUT2D eigenvalue weighted by Gasteiger charge is -2.08. The summed E-state index contributed by atoms with van der Waals surface area (Å²) in [5.74, 6) is 1.15. The highest BCUT2D eigenvalue weighted by atomic mass is 16.5. The highest BCUT2D eigenvalue weighted by molar-refractivity contribution is 6.02. The first kappa shape index (κ1) is 18.2. The number of nitrogens with zero attached hydrogens (tertiary/aromatic N) is 3. The average Bonchev–Trinajstić information content (AvgIpc) is 3.20. The number of aromatic nitrogens is 3. The molecule has 0 aliphatic heterocycles. The van der Waals surface area contributed by atoms with E-state index in [1.807, 2.05) is 36.4 Å². The van der Waals surface area contributed by atoms with Crippen LogP contribution in [-0.2, 0) is 11.3 Å². The molecule has 0 saturated carbocycles. The van der Waals surface area contributed by atoms with Crippen LogP contribution in [0.15, 0.2) is 67.3 Å². The summed E-state index contributed by atoms with van der Waals surface area (Å²) in [6.45, 7) is 1.05. The molecule has 0 bridgehead atoms. The standard InChI is InChI=1S/C20H20N4O3/c1-26-19-8-3-2-5-16(19)9-10-20(25)23-17-6-4-7-18(13-17)27-12-11-24-15-21-14-22-24/h2-10,13-15H,11-12H2,1H3,(H,23,25)/b10-9+. The zero-order chi connectivity index (χ0) is 18.9. The topological polar surface area (TPSA) is 78.3 Å². The Bertz CT molecular complexity index is 907. The number of carbonyl (C=O) groups excluding carboxylic acids is 1. The van der Waals surface area contributed by atoms with Crippen LogP contribution in [0.2, 0.25) is 0 Å². The minimum absolute atomic E-state index is 0.235. The molecule has 0 aliphatic carbocycles. The molecule has 1 aromatic heterocycles. The van der Waals surface area contributed by atoms with Crippen LogP contribution < -0.4 is 14.8 Å². The minimum Gasteiger partial charge on any atom is -0.496 e. The molecule has 138 valence electrons. The van der Waals surface area contributed by atoms with Gasteiger partial charge in [0.1, 0.15) is 30.8 Å². The van der Waals surface area contributed by atoms with Crippen LogP contribution in [0.25, 0.3) is 6.08 Å². The summed E-state index contributed by atoms with van der Waals surface area (Å²) in [6, 6.07) is 14.7. The molecule has 1 heterocycles. The summed E-state index contributed by atoms with van der Waals surface area (Å²) >= 11 is 0. The van der Waals surface area contributed by atoms with Gasteiger partial charge in [-0.3, -0.25) is 4.79 Å². The maximum absolute atomic E-state index is 12.2. The third-order valence-electron chi connectivity index (χ3n) is 3.71. The molecule has 0 unspecified atom stereocenters. The average molecular weight is 364 g/mol. The molecule has 0 spiro atoms. The van der Waals surface area contributed by atoms with E-state index >= 15 is 0 Å². The molecule has 27 heavy (non-hydrogen) atoms. The van der Waals surface area contributed by atoms with Crippen LogP contribution in [0.3, 0.4) is 0 Å². The zero-order valence-corrected chi connectivity index (χ0v) is 14.9. The minimum atomic E-state index is -0.235. The molecule has 1 amide bonds. The predicted molar refractivity (Wildman–Crippen MR) is 103 cm³/mol. The van der Waals surface area contributed by atoms with Gasteiger partial charge < -0.3 is 14.8 Å². The quantitative estimate of drug-likeness (QED) is 0.622. The molecule has 3 aromatic rings. The molecule has 7 nitrogen and oxygen atoms in total. The van der Waals surface area contributed by atoms with Gasteiger partial charge in [-0.25, -0.2) is 9.67 Å². The second kappa shape index (κ2) is 9.19. The monoisotopic (exact) mass is 364 g/mol. The zero-order valence-electron chi connectivity index (χ0n) is 14.9. The molecule has 0 saturated heterocycles. The van der Waals surface area contributed by atoms with Crippen molar-refractivity contribution in [2.75, 3.05) is 19.0 Å². The number of amides is 1. The number of anilines is 1. The first-order chi connectivity index (χ1) is 13.2. The Balaban J connectivity index is 1.55. The van der Waals surface area contributed by atoms with Gasteiger partial charge in [0.25, 0.3) is 0 Å². The summed E-state index contributed by atoms with van der Waals surface area (Å²) in [6.07, 6.45) is 6.30. The SMILES string of the molecule is COc1ccccc1/C=C/C(=O)Nc1cccc(OCCn2cncn2)c1. The van der Waals surface area contributed by atoms with Crippen molar-refractivity contribution in [1.29, 1.82) is 0 Å². The molecule has 2 aromatic carbocycles. The van der Waals surface area contributed by atoms with E-state index in [9.17, 15) is 4.79 Å². The number of benzene rings is 2. The molecular weight excluding hydrogens is 344 g/mol. The second-order valence-electron chi connectivity index (χ2n) is 5.60. The summed E-state index contributed by atoms with van der Waals surface area (Å²) < 4.78 is 12.6. The van der Waals surface area contributed by atoms with Gasteiger partial charge in [-0.05, 0) is 24.3 Å². The van der Waals surface area contributed by atoms with Gasteiger partial charge in [0.15, 0.2) is 0 Å². The summed E-state index contributed by atoms with van der Waals surface area (Å²) in [5.41, 5.74) is 1.49. The van der Waals surface area contributed by atoms with E-state index in [0.29, 0.717) is 30.3 Å². The van der Waals surface area contributed by atoms with E-state index in [4.69, 9.17) is 9.47 Å². The third-order valence-corrected chi connectivity index (χ3v) is 3.71. The van der Waals surface area contributed by atoms with Crippen molar-refractivity contribution >= 4 is 17.7 Å². The lowest BCUT2D eigenvalue weighted by molar-refractivity contribution is -0.111. The van der Waals surface area contributed by atoms with Gasteiger partial charge in [-0.2, -0.15) is 5.10 Å². The van der Waals surface area contributed by atoms with Crippen LogP contribution >= 0.6 is 0 Å². The lowest BCUT2D eigenvalue weighted by Crippen LogP contribution is -2.10. The van der Waals surface area contributed by atoms with Gasteiger partial charge in [0.05, 0.1) is 13.7 Å². The summed E-state index contributed by atoms with van der Waals surface area (Å²) in [7, 11) is 1.60. The molecule has 7 heteroatoms. The maximum atomic E-state index is 12.2. The van der Waals surface area contributed by atoms with Gasteiger partial charge >= 0.3 is 0 Å². The summed E-state index contributed by atoms with van der Waals surface area (Å²) in [5, 5.41) is 6.83. The van der Waals surface area contributed by atoms with E-state index in [2.05, 4.69) is 15.4 Å². The van der Waals surface area contributed by atoms with Gasteiger partial charge in [0, 0.05) is 23.4 Å². The van der Waals surface area contributed by atoms with Crippen LogP contribution in [0.4, 0.5) is 5.69 Å². The fourth-order valence-electron chi connectivity index (χ4n) is 2.42. The number of para-hydroxylation sites is 1. The van der Waals surface area contributed by atoms with Crippen molar-refractivity contribution in [2.24, 2.45) is 0 Å². The lowest BCUT2D eigenvalue weighted by atomic mass is 10.2. The Labute approximate surface area is 157 Å². The van der Waals surface area contributed by atoms with E-state index < -0.39 is 0 Å². The third kappa shape index (κ3) is 5.43. The van der Waals surface area contributed by atoms with Crippen molar-refractivity contribution in [3.8, 4) is 11.5 Å². The number of carbonyl (C=O) groups is 1.